The van der Waals surface area contributed by atoms with Crippen molar-refractivity contribution in [3.8, 4) is 0 Å². The summed E-state index contributed by atoms with van der Waals surface area (Å²) in [5.41, 5.74) is 17.5. The molecular weight excluding hydrogens is 308 g/mol. The third kappa shape index (κ3) is 5.19. The molecule has 1 aliphatic rings. The first kappa shape index (κ1) is 18.2. The van der Waals surface area contributed by atoms with Crippen LogP contribution in [0.4, 0.5) is 5.69 Å². The molecule has 0 bridgehead atoms. The van der Waals surface area contributed by atoms with Gasteiger partial charge in [0.15, 0.2) is 5.96 Å². The molecule has 8 nitrogen and oxygen atoms in total. The predicted molar refractivity (Wildman–Crippen MR) is 94.2 cm³/mol. The van der Waals surface area contributed by atoms with Crippen LogP contribution < -0.4 is 22.2 Å². The van der Waals surface area contributed by atoms with Crippen LogP contribution >= 0.6 is 0 Å². The molecule has 1 aromatic rings. The summed E-state index contributed by atoms with van der Waals surface area (Å²) in [4.78, 5) is 16.8. The van der Waals surface area contributed by atoms with Gasteiger partial charge in [-0.3, -0.25) is 9.79 Å². The molecule has 132 valence electrons. The molecule has 1 aromatic carbocycles. The Kier molecular flexibility index (Phi) is 6.98. The van der Waals surface area contributed by atoms with Crippen LogP contribution in [-0.4, -0.2) is 55.8 Å². The summed E-state index contributed by atoms with van der Waals surface area (Å²) < 4.78 is 5.38. The van der Waals surface area contributed by atoms with E-state index in [1.807, 2.05) is 35.3 Å². The van der Waals surface area contributed by atoms with Gasteiger partial charge in [-0.05, 0) is 25.0 Å². The van der Waals surface area contributed by atoms with E-state index in [0.29, 0.717) is 45.7 Å². The summed E-state index contributed by atoms with van der Waals surface area (Å²) in [6.07, 6.45) is 1.17. The molecule has 8 heteroatoms. The first-order chi connectivity index (χ1) is 11.6. The van der Waals surface area contributed by atoms with Gasteiger partial charge in [0.25, 0.3) is 5.91 Å². The fourth-order valence-electron chi connectivity index (χ4n) is 2.55. The highest BCUT2D eigenvalue weighted by Crippen LogP contribution is 2.19. The number of benzene rings is 1. The molecule has 0 aromatic heterocycles. The zero-order valence-corrected chi connectivity index (χ0v) is 13.8. The molecule has 2 rings (SSSR count). The van der Waals surface area contributed by atoms with Gasteiger partial charge < -0.3 is 21.9 Å². The molecule has 6 N–H and O–H groups in total. The van der Waals surface area contributed by atoms with E-state index < -0.39 is 6.04 Å². The number of anilines is 1. The molecule has 24 heavy (non-hydrogen) atoms. The van der Waals surface area contributed by atoms with E-state index in [1.54, 1.807) is 5.01 Å². The lowest BCUT2D eigenvalue weighted by molar-refractivity contribution is -0.124. The minimum Gasteiger partial charge on any atom is -0.379 e. The van der Waals surface area contributed by atoms with Crippen molar-refractivity contribution in [2.75, 3.05) is 37.9 Å². The summed E-state index contributed by atoms with van der Waals surface area (Å²) in [6, 6.07) is 8.92. The molecule has 1 atom stereocenters. The normalized spacial score (nSPS) is 16.4. The van der Waals surface area contributed by atoms with E-state index in [4.69, 9.17) is 21.9 Å². The van der Waals surface area contributed by atoms with Crippen LogP contribution in [0.15, 0.2) is 35.3 Å². The fourth-order valence-corrected chi connectivity index (χ4v) is 2.55. The molecular formula is C16H26N6O2. The van der Waals surface area contributed by atoms with Gasteiger partial charge in [-0.25, -0.2) is 10.0 Å². The second-order valence-electron chi connectivity index (χ2n) is 5.61. The van der Waals surface area contributed by atoms with E-state index in [1.165, 1.54) is 0 Å². The Labute approximate surface area is 142 Å². The van der Waals surface area contributed by atoms with Gasteiger partial charge in [0.2, 0.25) is 0 Å². The van der Waals surface area contributed by atoms with Gasteiger partial charge in [0.05, 0.1) is 24.9 Å². The lowest BCUT2D eigenvalue weighted by Gasteiger charge is -2.38. The summed E-state index contributed by atoms with van der Waals surface area (Å²) in [5.74, 6) is -0.0815. The average molecular weight is 334 g/mol. The van der Waals surface area contributed by atoms with Crippen LogP contribution in [0.5, 0.6) is 0 Å². The minimum atomic E-state index is -0.609. The monoisotopic (exact) mass is 334 g/mol. The maximum atomic E-state index is 12.9. The number of nitrogens with zero attached hydrogens (tertiary/aromatic N) is 3. The lowest BCUT2D eigenvalue weighted by Crippen LogP contribution is -2.56. The van der Waals surface area contributed by atoms with Crippen molar-refractivity contribution in [1.29, 1.82) is 0 Å². The predicted octanol–water partition coefficient (Wildman–Crippen LogP) is -0.352. The third-order valence-corrected chi connectivity index (χ3v) is 3.76. The maximum Gasteiger partial charge on any atom is 0.258 e. The van der Waals surface area contributed by atoms with Gasteiger partial charge in [-0.2, -0.15) is 0 Å². The number of ether oxygens (including phenoxy) is 1. The number of hydrazine groups is 1. The number of nitrogens with two attached hydrogens (primary N) is 3. The molecule has 0 saturated carbocycles. The van der Waals surface area contributed by atoms with Crippen molar-refractivity contribution in [2.45, 2.75) is 18.9 Å². The molecule has 1 fully saturated rings. The Morgan fingerprint density at radius 3 is 2.54 bits per heavy atom. The van der Waals surface area contributed by atoms with Crippen LogP contribution in [0.25, 0.3) is 0 Å². The zero-order chi connectivity index (χ0) is 17.4. The lowest BCUT2D eigenvalue weighted by atomic mass is 10.1. The topological polar surface area (TPSA) is 123 Å². The fraction of sp³-hybridized carbons (Fsp3) is 0.500. The number of amides is 1. The number of carbonyl (C=O) groups is 1. The van der Waals surface area contributed by atoms with E-state index in [-0.39, 0.29) is 11.9 Å². The van der Waals surface area contributed by atoms with Crippen molar-refractivity contribution in [3.05, 3.63) is 30.3 Å². The zero-order valence-electron chi connectivity index (χ0n) is 13.8. The van der Waals surface area contributed by atoms with Crippen LogP contribution in [-0.2, 0) is 9.53 Å². The number of guanidine groups is 1. The quantitative estimate of drug-likeness (QED) is 0.356. The second-order valence-corrected chi connectivity index (χ2v) is 5.61. The maximum absolute atomic E-state index is 12.9. The molecule has 0 radical (unpaired) electrons. The Balaban J connectivity index is 2.05. The first-order valence-corrected chi connectivity index (χ1v) is 8.12. The standard InChI is InChI=1S/C16H26N6O2/c17-14(7-4-8-20-16(18)19)15(23)22(13-5-2-1-3-6-13)21-9-11-24-12-10-21/h1-3,5-6,14H,4,7-12,17H2,(H4,18,19,20)/t14-/m0/s1. The highest BCUT2D eigenvalue weighted by Gasteiger charge is 2.28. The number of carbonyl (C=O) groups excluding carboxylic acids is 1. The molecule has 1 aliphatic heterocycles. The van der Waals surface area contributed by atoms with Gasteiger partial charge in [-0.15, -0.1) is 0 Å². The minimum absolute atomic E-state index is 0.0501. The summed E-state index contributed by atoms with van der Waals surface area (Å²) >= 11 is 0. The van der Waals surface area contributed by atoms with Crippen LogP contribution in [0.2, 0.25) is 0 Å². The Bertz CT molecular complexity index is 541. The Morgan fingerprint density at radius 2 is 1.92 bits per heavy atom. The number of rotatable bonds is 7. The summed E-state index contributed by atoms with van der Waals surface area (Å²) in [6.45, 7) is 2.96. The molecule has 1 heterocycles. The Morgan fingerprint density at radius 1 is 1.25 bits per heavy atom. The van der Waals surface area contributed by atoms with Gasteiger partial charge in [0.1, 0.15) is 0 Å². The summed E-state index contributed by atoms with van der Waals surface area (Å²) in [5, 5.41) is 3.66. The molecule has 0 unspecified atom stereocenters. The number of hydrogen-bond donors (Lipinski definition) is 3. The van der Waals surface area contributed by atoms with E-state index in [0.717, 1.165) is 5.69 Å². The smallest absolute Gasteiger partial charge is 0.258 e. The highest BCUT2D eigenvalue weighted by molar-refractivity contribution is 5.96. The average Bonchev–Trinajstić information content (AvgIpc) is 2.60. The number of hydrogen-bond acceptors (Lipinski definition) is 5. The second kappa shape index (κ2) is 9.21. The number of morpholine rings is 1. The first-order valence-electron chi connectivity index (χ1n) is 8.12. The van der Waals surface area contributed by atoms with Crippen molar-refractivity contribution >= 4 is 17.6 Å². The third-order valence-electron chi connectivity index (χ3n) is 3.76. The van der Waals surface area contributed by atoms with Crippen LogP contribution in [0.1, 0.15) is 12.8 Å². The number of para-hydroxylation sites is 1. The SMILES string of the molecule is NC(N)=NCCC[C@H](N)C(=O)N(c1ccccc1)N1CCOCC1. The van der Waals surface area contributed by atoms with Crippen molar-refractivity contribution in [1.82, 2.24) is 5.01 Å². The van der Waals surface area contributed by atoms with Crippen molar-refractivity contribution < 1.29 is 9.53 Å². The van der Waals surface area contributed by atoms with Crippen LogP contribution in [0, 0.1) is 0 Å². The van der Waals surface area contributed by atoms with E-state index in [2.05, 4.69) is 4.99 Å². The van der Waals surface area contributed by atoms with E-state index in [9.17, 15) is 4.79 Å². The Hall–Kier alpha value is -2.16. The van der Waals surface area contributed by atoms with E-state index >= 15 is 0 Å². The molecule has 1 saturated heterocycles. The highest BCUT2D eigenvalue weighted by atomic mass is 16.5. The number of aliphatic imine (C=N–C) groups is 1. The van der Waals surface area contributed by atoms with Crippen molar-refractivity contribution in [3.63, 3.8) is 0 Å². The van der Waals surface area contributed by atoms with Crippen molar-refractivity contribution in [2.24, 2.45) is 22.2 Å². The van der Waals surface area contributed by atoms with Gasteiger partial charge >= 0.3 is 0 Å². The van der Waals surface area contributed by atoms with Crippen LogP contribution in [0.3, 0.4) is 0 Å². The largest absolute Gasteiger partial charge is 0.379 e. The van der Waals surface area contributed by atoms with Gasteiger partial charge in [0, 0.05) is 19.6 Å². The molecule has 0 spiro atoms. The molecule has 1 amide bonds. The molecule has 0 aliphatic carbocycles. The van der Waals surface area contributed by atoms with Gasteiger partial charge in [-0.1, -0.05) is 18.2 Å². The summed E-state index contributed by atoms with van der Waals surface area (Å²) in [7, 11) is 0.